The van der Waals surface area contributed by atoms with E-state index < -0.39 is 41.9 Å². The molecule has 5 rings (SSSR count). The molecule has 1 aliphatic heterocycles. The summed E-state index contributed by atoms with van der Waals surface area (Å²) in [5, 5.41) is 9.72. The Morgan fingerprint density at radius 1 is 0.917 bits per heavy atom. The topological polar surface area (TPSA) is 115 Å². The molecule has 0 unspecified atom stereocenters. The van der Waals surface area contributed by atoms with E-state index in [4.69, 9.17) is 9.47 Å². The molecule has 4 aromatic rings. The number of aromatic nitrogens is 2. The van der Waals surface area contributed by atoms with Crippen molar-refractivity contribution in [2.45, 2.75) is 51.9 Å². The molecule has 48 heavy (non-hydrogen) atoms. The van der Waals surface area contributed by atoms with Gasteiger partial charge >= 0.3 is 12.1 Å². The lowest BCUT2D eigenvalue weighted by Gasteiger charge is -2.25. The third-order valence-electron chi connectivity index (χ3n) is 7.34. The standard InChI is InChI=1S/C34H35F4N5O5/c1-33(2,3)48-29(44)19-22-17-23(35)10-11-25(22)39-31(45)21-9-12-28(42-13-6-15-47-16-14-42)26(18-21)40-32(46)30-24-7-4-5-8-27(24)43(41-30)20-34(36,37)38/h4-5,7-12,17-18H,6,13-16,19-20H2,1-3H3,(H,39,45)(H,40,46). The molecule has 1 saturated heterocycles. The van der Waals surface area contributed by atoms with Gasteiger partial charge in [0.15, 0.2) is 5.69 Å². The minimum atomic E-state index is -4.57. The zero-order valence-corrected chi connectivity index (χ0v) is 26.6. The molecular weight excluding hydrogens is 634 g/mol. The molecule has 254 valence electrons. The summed E-state index contributed by atoms with van der Waals surface area (Å²) in [5.41, 5.74) is 0.446. The number of anilines is 3. The number of hydrogen-bond acceptors (Lipinski definition) is 7. The molecular formula is C34H35F4N5O5. The Bertz CT molecular complexity index is 1820. The fraction of sp³-hybridized carbons (Fsp3) is 0.353. The van der Waals surface area contributed by atoms with Crippen molar-refractivity contribution >= 4 is 45.7 Å². The molecule has 0 aliphatic carbocycles. The van der Waals surface area contributed by atoms with Crippen LogP contribution in [-0.4, -0.2) is 65.6 Å². The number of hydrogen-bond donors (Lipinski definition) is 2. The third-order valence-corrected chi connectivity index (χ3v) is 7.34. The zero-order valence-electron chi connectivity index (χ0n) is 26.6. The SMILES string of the molecule is CC(C)(C)OC(=O)Cc1cc(F)ccc1NC(=O)c1ccc(N2CCCOCC2)c(NC(=O)c2nn(CC(F)(F)F)c3ccccc23)c1. The van der Waals surface area contributed by atoms with E-state index in [-0.39, 0.29) is 45.5 Å². The Balaban J connectivity index is 1.46. The predicted molar refractivity (Wildman–Crippen MR) is 172 cm³/mol. The van der Waals surface area contributed by atoms with Gasteiger partial charge in [-0.3, -0.25) is 19.1 Å². The number of ether oxygens (including phenoxy) is 2. The highest BCUT2D eigenvalue weighted by Gasteiger charge is 2.31. The number of carbonyl (C=O) groups is 3. The van der Waals surface area contributed by atoms with Crippen molar-refractivity contribution in [2.75, 3.05) is 41.8 Å². The summed E-state index contributed by atoms with van der Waals surface area (Å²) >= 11 is 0. The first-order chi connectivity index (χ1) is 22.7. The van der Waals surface area contributed by atoms with E-state index in [1.807, 2.05) is 4.90 Å². The molecule has 1 fully saturated rings. The molecule has 1 aliphatic rings. The normalized spacial score (nSPS) is 14.0. The van der Waals surface area contributed by atoms with Crippen molar-refractivity contribution in [3.05, 3.63) is 83.3 Å². The third kappa shape index (κ3) is 8.68. The summed E-state index contributed by atoms with van der Waals surface area (Å²) in [7, 11) is 0. The Labute approximate surface area is 274 Å². The summed E-state index contributed by atoms with van der Waals surface area (Å²) < 4.78 is 65.8. The van der Waals surface area contributed by atoms with Crippen LogP contribution in [0.15, 0.2) is 60.7 Å². The Kier molecular flexibility index (Phi) is 10.0. The van der Waals surface area contributed by atoms with Gasteiger partial charge in [0, 0.05) is 36.3 Å². The van der Waals surface area contributed by atoms with Crippen molar-refractivity contribution in [3.63, 3.8) is 0 Å². The molecule has 0 saturated carbocycles. The molecule has 2 amide bonds. The van der Waals surface area contributed by atoms with Crippen LogP contribution >= 0.6 is 0 Å². The predicted octanol–water partition coefficient (Wildman–Crippen LogP) is 6.35. The van der Waals surface area contributed by atoms with Crippen LogP contribution in [0.5, 0.6) is 0 Å². The van der Waals surface area contributed by atoms with Crippen molar-refractivity contribution < 1.29 is 41.4 Å². The second-order valence-corrected chi connectivity index (χ2v) is 12.3. The molecule has 3 aromatic carbocycles. The van der Waals surface area contributed by atoms with Gasteiger partial charge in [0.1, 0.15) is 18.0 Å². The molecule has 0 atom stereocenters. The van der Waals surface area contributed by atoms with Crippen LogP contribution < -0.4 is 15.5 Å². The second-order valence-electron chi connectivity index (χ2n) is 12.3. The lowest BCUT2D eigenvalue weighted by atomic mass is 10.1. The van der Waals surface area contributed by atoms with Gasteiger partial charge in [-0.15, -0.1) is 0 Å². The maximum absolute atomic E-state index is 14.2. The van der Waals surface area contributed by atoms with E-state index in [9.17, 15) is 31.9 Å². The number of esters is 1. The maximum Gasteiger partial charge on any atom is 0.408 e. The van der Waals surface area contributed by atoms with E-state index in [1.165, 1.54) is 24.3 Å². The average Bonchev–Trinajstić information content (AvgIpc) is 3.15. The Morgan fingerprint density at radius 2 is 1.67 bits per heavy atom. The number of alkyl halides is 3. The maximum atomic E-state index is 14.2. The van der Waals surface area contributed by atoms with Gasteiger partial charge < -0.3 is 25.0 Å². The molecule has 0 bridgehead atoms. The number of benzene rings is 3. The molecule has 1 aromatic heterocycles. The molecule has 2 heterocycles. The van der Waals surface area contributed by atoms with Crippen LogP contribution in [0.4, 0.5) is 34.6 Å². The van der Waals surface area contributed by atoms with Crippen LogP contribution in [0.3, 0.4) is 0 Å². The highest BCUT2D eigenvalue weighted by Crippen LogP contribution is 2.31. The van der Waals surface area contributed by atoms with Crippen LogP contribution in [0, 0.1) is 5.82 Å². The van der Waals surface area contributed by atoms with E-state index in [0.29, 0.717) is 38.4 Å². The summed E-state index contributed by atoms with van der Waals surface area (Å²) in [4.78, 5) is 41.7. The number of halogens is 4. The monoisotopic (exact) mass is 669 g/mol. The minimum Gasteiger partial charge on any atom is -0.460 e. The Hall–Kier alpha value is -4.98. The number of nitrogens with one attached hydrogen (secondary N) is 2. The average molecular weight is 670 g/mol. The van der Waals surface area contributed by atoms with Crippen LogP contribution in [-0.2, 0) is 27.2 Å². The van der Waals surface area contributed by atoms with Crippen molar-refractivity contribution in [2.24, 2.45) is 0 Å². The lowest BCUT2D eigenvalue weighted by molar-refractivity contribution is -0.154. The van der Waals surface area contributed by atoms with E-state index >= 15 is 0 Å². The number of rotatable bonds is 8. The zero-order chi connectivity index (χ0) is 34.6. The smallest absolute Gasteiger partial charge is 0.408 e. The van der Waals surface area contributed by atoms with E-state index in [0.717, 1.165) is 16.8 Å². The molecule has 0 radical (unpaired) electrons. The molecule has 10 nitrogen and oxygen atoms in total. The van der Waals surface area contributed by atoms with Crippen molar-refractivity contribution in [3.8, 4) is 0 Å². The summed E-state index contributed by atoms with van der Waals surface area (Å²) in [6, 6.07) is 14.4. The first-order valence-corrected chi connectivity index (χ1v) is 15.3. The van der Waals surface area contributed by atoms with Crippen LogP contribution in [0.2, 0.25) is 0 Å². The molecule has 14 heteroatoms. The Morgan fingerprint density at radius 3 is 2.42 bits per heavy atom. The van der Waals surface area contributed by atoms with Crippen molar-refractivity contribution in [1.29, 1.82) is 0 Å². The van der Waals surface area contributed by atoms with Gasteiger partial charge in [-0.2, -0.15) is 18.3 Å². The first-order valence-electron chi connectivity index (χ1n) is 15.3. The fourth-order valence-electron chi connectivity index (χ4n) is 5.37. The summed E-state index contributed by atoms with van der Waals surface area (Å²) in [5.74, 6) is -2.60. The highest BCUT2D eigenvalue weighted by atomic mass is 19.4. The number of nitrogens with zero attached hydrogens (tertiary/aromatic N) is 3. The number of para-hydroxylation sites is 1. The van der Waals surface area contributed by atoms with Gasteiger partial charge in [0.05, 0.1) is 29.9 Å². The van der Waals surface area contributed by atoms with Crippen molar-refractivity contribution in [1.82, 2.24) is 9.78 Å². The van der Waals surface area contributed by atoms with Gasteiger partial charge in [-0.1, -0.05) is 18.2 Å². The van der Waals surface area contributed by atoms with Gasteiger partial charge in [0.2, 0.25) is 0 Å². The quantitative estimate of drug-likeness (QED) is 0.166. The largest absolute Gasteiger partial charge is 0.460 e. The number of amides is 2. The molecule has 0 spiro atoms. The second kappa shape index (κ2) is 14.0. The number of fused-ring (bicyclic) bond motifs is 1. The number of carbonyl (C=O) groups excluding carboxylic acids is 3. The summed E-state index contributed by atoms with van der Waals surface area (Å²) in [6.07, 6.45) is -4.16. The molecule has 2 N–H and O–H groups in total. The van der Waals surface area contributed by atoms with E-state index in [1.54, 1.807) is 45.0 Å². The summed E-state index contributed by atoms with van der Waals surface area (Å²) in [6.45, 7) is 5.77. The van der Waals surface area contributed by atoms with Gasteiger partial charge in [0.25, 0.3) is 11.8 Å². The van der Waals surface area contributed by atoms with Crippen LogP contribution in [0.1, 0.15) is 53.6 Å². The van der Waals surface area contributed by atoms with Crippen LogP contribution in [0.25, 0.3) is 10.9 Å². The first kappa shape index (κ1) is 34.4. The van der Waals surface area contributed by atoms with Gasteiger partial charge in [-0.25, -0.2) is 4.39 Å². The fourth-order valence-corrected chi connectivity index (χ4v) is 5.37. The lowest BCUT2D eigenvalue weighted by Crippen LogP contribution is -2.28. The van der Waals surface area contributed by atoms with E-state index in [2.05, 4.69) is 15.7 Å². The minimum absolute atomic E-state index is 0.111. The highest BCUT2D eigenvalue weighted by molar-refractivity contribution is 6.13. The van der Waals surface area contributed by atoms with Gasteiger partial charge in [-0.05, 0) is 75.2 Å².